The first-order valence-corrected chi connectivity index (χ1v) is 3.62. The summed E-state index contributed by atoms with van der Waals surface area (Å²) in [6, 6.07) is 0. The SMILES string of the molecule is C=C(C)CS(=O)(=O)O.[CaH2]. The van der Waals surface area contributed by atoms with E-state index in [1.165, 1.54) is 6.92 Å². The second kappa shape index (κ2) is 4.68. The fraction of sp³-hybridized carbons (Fsp3) is 0.500. The third-order valence-electron chi connectivity index (χ3n) is 0.429. The molecule has 0 saturated heterocycles. The van der Waals surface area contributed by atoms with Gasteiger partial charge >= 0.3 is 37.7 Å². The van der Waals surface area contributed by atoms with Crippen molar-refractivity contribution in [1.82, 2.24) is 0 Å². The van der Waals surface area contributed by atoms with Crippen LogP contribution in [0.2, 0.25) is 0 Å². The molecule has 3 nitrogen and oxygen atoms in total. The Balaban J connectivity index is 0. The summed E-state index contributed by atoms with van der Waals surface area (Å²) in [6.45, 7) is 4.84. The molecule has 9 heavy (non-hydrogen) atoms. The van der Waals surface area contributed by atoms with E-state index in [9.17, 15) is 8.42 Å². The first kappa shape index (κ1) is 12.6. The molecule has 0 heterocycles. The molecule has 0 aromatic rings. The minimum atomic E-state index is -3.82. The van der Waals surface area contributed by atoms with Crippen LogP contribution in [0.3, 0.4) is 0 Å². The van der Waals surface area contributed by atoms with E-state index < -0.39 is 10.1 Å². The van der Waals surface area contributed by atoms with Gasteiger partial charge in [0, 0.05) is 0 Å². The zero-order chi connectivity index (χ0) is 6.78. The van der Waals surface area contributed by atoms with Gasteiger partial charge in [-0.15, -0.1) is 0 Å². The Morgan fingerprint density at radius 1 is 1.67 bits per heavy atom. The molecule has 0 aromatic heterocycles. The van der Waals surface area contributed by atoms with Crippen LogP contribution in [0.4, 0.5) is 0 Å². The standard InChI is InChI=1S/C4H8O3S.Ca.2H/c1-4(2)3-8(5,6)7;;;/h1,3H2,2H3,(H,5,6,7);;;. The van der Waals surface area contributed by atoms with E-state index in [2.05, 4.69) is 6.58 Å². The molecule has 0 aliphatic heterocycles. The van der Waals surface area contributed by atoms with Gasteiger partial charge in [-0.3, -0.25) is 4.55 Å². The fourth-order valence-electron chi connectivity index (χ4n) is 0.311. The third kappa shape index (κ3) is 12.2. The third-order valence-corrected chi connectivity index (χ3v) is 1.29. The molecular formula is C4H10CaO3S. The average Bonchev–Trinajstić information content (AvgIpc) is 1.21. The summed E-state index contributed by atoms with van der Waals surface area (Å²) in [5.41, 5.74) is 0.438. The Labute approximate surface area is 84.9 Å². The second-order valence-electron chi connectivity index (χ2n) is 1.68. The molecule has 0 unspecified atom stereocenters. The maximum absolute atomic E-state index is 9.94. The number of hydrogen-bond donors (Lipinski definition) is 1. The van der Waals surface area contributed by atoms with Gasteiger partial charge in [0.05, 0.1) is 5.75 Å². The summed E-state index contributed by atoms with van der Waals surface area (Å²) >= 11 is 0. The number of hydrogen-bond acceptors (Lipinski definition) is 2. The predicted octanol–water partition coefficient (Wildman–Crippen LogP) is -0.466. The summed E-state index contributed by atoms with van der Waals surface area (Å²) in [7, 11) is -3.82. The molecule has 0 atom stereocenters. The number of rotatable bonds is 2. The van der Waals surface area contributed by atoms with Crippen molar-refractivity contribution < 1.29 is 13.0 Å². The first-order chi connectivity index (χ1) is 3.42. The van der Waals surface area contributed by atoms with Crippen LogP contribution < -0.4 is 0 Å². The van der Waals surface area contributed by atoms with E-state index >= 15 is 0 Å². The van der Waals surface area contributed by atoms with Gasteiger partial charge in [0.1, 0.15) is 0 Å². The van der Waals surface area contributed by atoms with Crippen molar-refractivity contribution in [2.24, 2.45) is 0 Å². The van der Waals surface area contributed by atoms with Crippen LogP contribution in [0.5, 0.6) is 0 Å². The molecular weight excluding hydrogens is 168 g/mol. The van der Waals surface area contributed by atoms with E-state index in [0.717, 1.165) is 0 Å². The Hall–Kier alpha value is 0.910. The van der Waals surface area contributed by atoms with Crippen LogP contribution in [-0.2, 0) is 10.1 Å². The van der Waals surface area contributed by atoms with Gasteiger partial charge in [0.25, 0.3) is 10.1 Å². The van der Waals surface area contributed by atoms with Crippen LogP contribution >= 0.6 is 0 Å². The van der Waals surface area contributed by atoms with Gasteiger partial charge in [-0.1, -0.05) is 12.2 Å². The van der Waals surface area contributed by atoms with Crippen LogP contribution in [0.25, 0.3) is 0 Å². The van der Waals surface area contributed by atoms with Crippen molar-refractivity contribution in [3.63, 3.8) is 0 Å². The summed E-state index contributed by atoms with van der Waals surface area (Å²) in [5, 5.41) is 0. The zero-order valence-electron chi connectivity index (χ0n) is 4.59. The molecule has 0 rings (SSSR count). The quantitative estimate of drug-likeness (QED) is 0.353. The molecule has 0 aromatic carbocycles. The van der Waals surface area contributed by atoms with E-state index in [-0.39, 0.29) is 43.5 Å². The Bertz CT molecular complexity index is 182. The summed E-state index contributed by atoms with van der Waals surface area (Å²) in [4.78, 5) is 0. The van der Waals surface area contributed by atoms with E-state index in [1.54, 1.807) is 0 Å². The predicted molar refractivity (Wildman–Crippen MR) is 39.8 cm³/mol. The van der Waals surface area contributed by atoms with Crippen molar-refractivity contribution in [1.29, 1.82) is 0 Å². The summed E-state index contributed by atoms with van der Waals surface area (Å²) in [6.07, 6.45) is 0. The van der Waals surface area contributed by atoms with Crippen molar-refractivity contribution >= 4 is 47.9 Å². The molecule has 0 spiro atoms. The maximum atomic E-state index is 9.94. The van der Waals surface area contributed by atoms with Gasteiger partial charge in [-0.05, 0) is 6.92 Å². The van der Waals surface area contributed by atoms with Crippen LogP contribution in [-0.4, -0.2) is 56.5 Å². The van der Waals surface area contributed by atoms with Crippen molar-refractivity contribution in [2.45, 2.75) is 6.92 Å². The van der Waals surface area contributed by atoms with Crippen LogP contribution in [0.1, 0.15) is 6.92 Å². The average molecular weight is 178 g/mol. The molecule has 5 heteroatoms. The summed E-state index contributed by atoms with van der Waals surface area (Å²) < 4.78 is 28.0. The molecule has 0 bridgehead atoms. The second-order valence-corrected chi connectivity index (χ2v) is 3.14. The molecule has 0 aliphatic rings. The van der Waals surface area contributed by atoms with Crippen molar-refractivity contribution in [3.05, 3.63) is 12.2 Å². The van der Waals surface area contributed by atoms with Crippen molar-refractivity contribution in [2.75, 3.05) is 5.75 Å². The Kier molecular flexibility index (Phi) is 6.54. The van der Waals surface area contributed by atoms with Gasteiger partial charge in [0.2, 0.25) is 0 Å². The first-order valence-electron chi connectivity index (χ1n) is 2.01. The minimum absolute atomic E-state index is 0. The van der Waals surface area contributed by atoms with Gasteiger partial charge < -0.3 is 0 Å². The van der Waals surface area contributed by atoms with Gasteiger partial charge in [-0.2, -0.15) is 8.42 Å². The molecule has 0 fully saturated rings. The molecule has 0 radical (unpaired) electrons. The topological polar surface area (TPSA) is 54.4 Å². The van der Waals surface area contributed by atoms with Gasteiger partial charge in [-0.25, -0.2) is 0 Å². The molecule has 1 N–H and O–H groups in total. The van der Waals surface area contributed by atoms with E-state index in [1.807, 2.05) is 0 Å². The molecule has 0 amide bonds. The fourth-order valence-corrected chi connectivity index (χ4v) is 0.934. The van der Waals surface area contributed by atoms with Gasteiger partial charge in [0.15, 0.2) is 0 Å². The Morgan fingerprint density at radius 3 is 2.00 bits per heavy atom. The monoisotopic (exact) mass is 178 g/mol. The van der Waals surface area contributed by atoms with Crippen molar-refractivity contribution in [3.8, 4) is 0 Å². The Morgan fingerprint density at radius 2 is 2.00 bits per heavy atom. The normalized spacial score (nSPS) is 10.0. The molecule has 52 valence electrons. The van der Waals surface area contributed by atoms with Crippen LogP contribution in [0, 0.1) is 0 Å². The van der Waals surface area contributed by atoms with E-state index in [4.69, 9.17) is 4.55 Å². The molecule has 0 aliphatic carbocycles. The summed E-state index contributed by atoms with van der Waals surface area (Å²) in [5.74, 6) is -0.340. The van der Waals surface area contributed by atoms with E-state index in [0.29, 0.717) is 5.57 Å². The molecule has 0 saturated carbocycles. The van der Waals surface area contributed by atoms with Crippen LogP contribution in [0.15, 0.2) is 12.2 Å². The zero-order valence-corrected chi connectivity index (χ0v) is 5.40.